The molecule has 0 spiro atoms. The zero-order chi connectivity index (χ0) is 19.8. The number of rotatable bonds is 8. The van der Waals surface area contributed by atoms with E-state index in [-0.39, 0.29) is 6.04 Å². The predicted molar refractivity (Wildman–Crippen MR) is 111 cm³/mol. The van der Waals surface area contributed by atoms with E-state index in [2.05, 4.69) is 66.9 Å². The average molecular weight is 372 g/mol. The largest absolute Gasteiger partial charge is 0.496 e. The van der Waals surface area contributed by atoms with E-state index < -0.39 is 0 Å². The van der Waals surface area contributed by atoms with Crippen molar-refractivity contribution in [3.63, 3.8) is 0 Å². The molecule has 0 radical (unpaired) electrons. The van der Waals surface area contributed by atoms with E-state index in [4.69, 9.17) is 9.73 Å². The maximum atomic E-state index is 5.52. The zero-order valence-electron chi connectivity index (χ0n) is 17.4. The fourth-order valence-electron chi connectivity index (χ4n) is 3.00. The molecule has 0 saturated heterocycles. The number of nitrogens with zero attached hydrogens (tertiary/aromatic N) is 3. The Balaban J connectivity index is 2.14. The van der Waals surface area contributed by atoms with Gasteiger partial charge in [-0.1, -0.05) is 31.5 Å². The number of nitrogens with one attached hydrogen (secondary N) is 2. The molecule has 2 rings (SSSR count). The van der Waals surface area contributed by atoms with Crippen LogP contribution in [0.15, 0.2) is 35.6 Å². The van der Waals surface area contributed by atoms with Crippen LogP contribution in [0.3, 0.4) is 0 Å². The third kappa shape index (κ3) is 6.01. The summed E-state index contributed by atoms with van der Waals surface area (Å²) in [6, 6.07) is 6.28. The monoisotopic (exact) mass is 371 g/mol. The number of imidazole rings is 1. The summed E-state index contributed by atoms with van der Waals surface area (Å²) in [7, 11) is 1.70. The predicted octanol–water partition coefficient (Wildman–Crippen LogP) is 3.67. The minimum absolute atomic E-state index is 0.0630. The molecule has 0 saturated carbocycles. The van der Waals surface area contributed by atoms with E-state index in [9.17, 15) is 0 Å². The van der Waals surface area contributed by atoms with Gasteiger partial charge in [0, 0.05) is 31.0 Å². The molecule has 0 aliphatic carbocycles. The van der Waals surface area contributed by atoms with Gasteiger partial charge in [-0.25, -0.2) is 9.98 Å². The van der Waals surface area contributed by atoms with E-state index in [1.807, 2.05) is 18.5 Å². The molecular formula is C21H33N5O. The number of hydrogen-bond acceptors (Lipinski definition) is 3. The number of guanidine groups is 1. The molecule has 148 valence electrons. The summed E-state index contributed by atoms with van der Waals surface area (Å²) in [6.07, 6.45) is 3.86. The molecule has 0 aliphatic rings. The highest BCUT2D eigenvalue weighted by Gasteiger charge is 2.13. The standard InChI is InChI=1S/C21H33N5O/c1-7-22-21(24-13-20-23-10-11-26(20)14-15(2)3)25-17(5)18-12-16(4)8-9-19(18)27-6/h8-12,15,17H,7,13-14H2,1-6H3,(H2,22,24,25). The number of aromatic nitrogens is 2. The molecule has 6 nitrogen and oxygen atoms in total. The molecule has 0 bridgehead atoms. The lowest BCUT2D eigenvalue weighted by molar-refractivity contribution is 0.405. The minimum Gasteiger partial charge on any atom is -0.496 e. The summed E-state index contributed by atoms with van der Waals surface area (Å²) in [5.41, 5.74) is 2.32. The van der Waals surface area contributed by atoms with Crippen molar-refractivity contribution in [3.8, 4) is 5.75 Å². The van der Waals surface area contributed by atoms with E-state index in [1.54, 1.807) is 7.11 Å². The molecular weight excluding hydrogens is 338 g/mol. The van der Waals surface area contributed by atoms with Crippen molar-refractivity contribution >= 4 is 5.96 Å². The lowest BCUT2D eigenvalue weighted by Gasteiger charge is -2.20. The van der Waals surface area contributed by atoms with Crippen molar-refractivity contribution in [2.75, 3.05) is 13.7 Å². The zero-order valence-corrected chi connectivity index (χ0v) is 17.4. The Kier molecular flexibility index (Phi) is 7.70. The SMILES string of the molecule is CCNC(=NCc1nccn1CC(C)C)NC(C)c1cc(C)ccc1OC. The number of methoxy groups -OCH3 is 1. The second-order valence-electron chi connectivity index (χ2n) is 7.20. The molecule has 1 unspecified atom stereocenters. The number of ether oxygens (including phenoxy) is 1. The van der Waals surface area contributed by atoms with E-state index in [0.717, 1.165) is 36.2 Å². The second-order valence-corrected chi connectivity index (χ2v) is 7.20. The fourth-order valence-corrected chi connectivity index (χ4v) is 3.00. The van der Waals surface area contributed by atoms with Crippen LogP contribution in [-0.4, -0.2) is 29.2 Å². The minimum atomic E-state index is 0.0630. The van der Waals surface area contributed by atoms with Crippen LogP contribution < -0.4 is 15.4 Å². The molecule has 2 N–H and O–H groups in total. The Morgan fingerprint density at radius 2 is 2.07 bits per heavy atom. The van der Waals surface area contributed by atoms with Crippen molar-refractivity contribution in [3.05, 3.63) is 47.5 Å². The summed E-state index contributed by atoms with van der Waals surface area (Å²) in [5.74, 6) is 3.19. The normalized spacial score (nSPS) is 12.9. The van der Waals surface area contributed by atoms with Gasteiger partial charge < -0.3 is 19.9 Å². The van der Waals surface area contributed by atoms with Gasteiger partial charge in [0.1, 0.15) is 18.1 Å². The van der Waals surface area contributed by atoms with Crippen LogP contribution in [0.2, 0.25) is 0 Å². The van der Waals surface area contributed by atoms with Gasteiger partial charge in [-0.15, -0.1) is 0 Å². The molecule has 0 amide bonds. The van der Waals surface area contributed by atoms with Crippen molar-refractivity contribution < 1.29 is 4.74 Å². The van der Waals surface area contributed by atoms with E-state index in [1.165, 1.54) is 5.56 Å². The smallest absolute Gasteiger partial charge is 0.192 e. The van der Waals surface area contributed by atoms with Gasteiger partial charge in [0.05, 0.1) is 13.2 Å². The number of benzene rings is 1. The first-order valence-corrected chi connectivity index (χ1v) is 9.64. The van der Waals surface area contributed by atoms with Crippen LogP contribution >= 0.6 is 0 Å². The maximum absolute atomic E-state index is 5.52. The fraction of sp³-hybridized carbons (Fsp3) is 0.524. The first kappa shape index (κ1) is 20.8. The van der Waals surface area contributed by atoms with Gasteiger partial charge in [0.25, 0.3) is 0 Å². The van der Waals surface area contributed by atoms with E-state index >= 15 is 0 Å². The first-order valence-electron chi connectivity index (χ1n) is 9.64. The average Bonchev–Trinajstić information content (AvgIpc) is 3.06. The summed E-state index contributed by atoms with van der Waals surface area (Å²) in [6.45, 7) is 13.0. The molecule has 2 aromatic rings. The summed E-state index contributed by atoms with van der Waals surface area (Å²) < 4.78 is 7.69. The van der Waals surface area contributed by atoms with Crippen LogP contribution in [0, 0.1) is 12.8 Å². The topological polar surface area (TPSA) is 63.5 Å². The van der Waals surface area contributed by atoms with Gasteiger partial charge in [-0.3, -0.25) is 0 Å². The van der Waals surface area contributed by atoms with Crippen LogP contribution in [0.25, 0.3) is 0 Å². The van der Waals surface area contributed by atoms with Crippen molar-refractivity contribution in [2.45, 2.75) is 53.8 Å². The molecule has 0 fully saturated rings. The Bertz CT molecular complexity index is 751. The summed E-state index contributed by atoms with van der Waals surface area (Å²) in [4.78, 5) is 9.20. The van der Waals surface area contributed by atoms with Crippen molar-refractivity contribution in [1.29, 1.82) is 0 Å². The Hall–Kier alpha value is -2.50. The van der Waals surface area contributed by atoms with Crippen LogP contribution in [0.4, 0.5) is 0 Å². The van der Waals surface area contributed by atoms with Crippen LogP contribution in [-0.2, 0) is 13.1 Å². The lowest BCUT2D eigenvalue weighted by atomic mass is 10.0. The van der Waals surface area contributed by atoms with Gasteiger partial charge in [0.2, 0.25) is 0 Å². The first-order chi connectivity index (χ1) is 12.9. The van der Waals surface area contributed by atoms with E-state index in [0.29, 0.717) is 12.5 Å². The molecule has 6 heteroatoms. The molecule has 1 atom stereocenters. The molecule has 1 heterocycles. The van der Waals surface area contributed by atoms with Gasteiger partial charge >= 0.3 is 0 Å². The highest BCUT2D eigenvalue weighted by atomic mass is 16.5. The Morgan fingerprint density at radius 1 is 1.30 bits per heavy atom. The maximum Gasteiger partial charge on any atom is 0.192 e. The third-order valence-corrected chi connectivity index (χ3v) is 4.29. The molecule has 27 heavy (non-hydrogen) atoms. The number of aryl methyl sites for hydroxylation is 1. The quantitative estimate of drug-likeness (QED) is 0.549. The van der Waals surface area contributed by atoms with Gasteiger partial charge in [-0.05, 0) is 32.8 Å². The Morgan fingerprint density at radius 3 is 2.74 bits per heavy atom. The van der Waals surface area contributed by atoms with Crippen molar-refractivity contribution in [2.24, 2.45) is 10.9 Å². The molecule has 0 aliphatic heterocycles. The second kappa shape index (κ2) is 10.00. The van der Waals surface area contributed by atoms with Crippen LogP contribution in [0.5, 0.6) is 5.75 Å². The third-order valence-electron chi connectivity index (χ3n) is 4.29. The van der Waals surface area contributed by atoms with Gasteiger partial charge in [-0.2, -0.15) is 0 Å². The highest BCUT2D eigenvalue weighted by molar-refractivity contribution is 5.80. The molecule has 1 aromatic carbocycles. The van der Waals surface area contributed by atoms with Crippen molar-refractivity contribution in [1.82, 2.24) is 20.2 Å². The summed E-state index contributed by atoms with van der Waals surface area (Å²) in [5, 5.41) is 6.80. The van der Waals surface area contributed by atoms with Crippen LogP contribution in [0.1, 0.15) is 50.7 Å². The lowest BCUT2D eigenvalue weighted by Crippen LogP contribution is -2.38. The number of aliphatic imine (C=N–C) groups is 1. The Labute approximate surface area is 163 Å². The number of hydrogen-bond donors (Lipinski definition) is 2. The molecule has 1 aromatic heterocycles. The van der Waals surface area contributed by atoms with Gasteiger partial charge in [0.15, 0.2) is 5.96 Å². The highest BCUT2D eigenvalue weighted by Crippen LogP contribution is 2.26. The summed E-state index contributed by atoms with van der Waals surface area (Å²) >= 11 is 0.